The molecular weight excluding hydrogens is 324 g/mol. The molecule has 0 heterocycles. The summed E-state index contributed by atoms with van der Waals surface area (Å²) in [6.07, 6.45) is 8.58. The van der Waals surface area contributed by atoms with Crippen LogP contribution in [0.4, 0.5) is 0 Å². The topological polar surface area (TPSA) is 43.4 Å². The zero-order valence-corrected chi connectivity index (χ0v) is 17.2. The molecule has 3 nitrogen and oxygen atoms in total. The highest BCUT2D eigenvalue weighted by Gasteiger charge is 2.41. The zero-order valence-electron chi connectivity index (χ0n) is 15.4. The molecular formula is C18H32O3SSi. The van der Waals surface area contributed by atoms with Gasteiger partial charge in [0.2, 0.25) is 0 Å². The fourth-order valence-corrected chi connectivity index (χ4v) is 8.24. The van der Waals surface area contributed by atoms with E-state index in [1.54, 1.807) is 6.08 Å². The van der Waals surface area contributed by atoms with Gasteiger partial charge < -0.3 is 0 Å². The first kappa shape index (κ1) is 18.9. The van der Waals surface area contributed by atoms with Crippen LogP contribution in [-0.2, 0) is 14.3 Å². The molecule has 0 aromatic heterocycles. The lowest BCUT2D eigenvalue weighted by Gasteiger charge is -2.37. The first-order chi connectivity index (χ1) is 10.5. The summed E-state index contributed by atoms with van der Waals surface area (Å²) in [7, 11) is -5.28. The summed E-state index contributed by atoms with van der Waals surface area (Å²) in [6.45, 7) is 13.1. The molecule has 2 aliphatic rings. The van der Waals surface area contributed by atoms with Gasteiger partial charge in [0.1, 0.15) is 5.25 Å². The maximum atomic E-state index is 12.9. The van der Waals surface area contributed by atoms with Gasteiger partial charge >= 0.3 is 0 Å². The minimum atomic E-state index is -3.60. The molecule has 0 saturated heterocycles. The lowest BCUT2D eigenvalue weighted by atomic mass is 9.75. The molecule has 132 valence electrons. The third-order valence-electron chi connectivity index (χ3n) is 5.26. The number of hydrogen-bond donors (Lipinski definition) is 0. The Hall–Kier alpha value is -0.393. The molecule has 0 aliphatic heterocycles. The molecule has 0 aromatic rings. The van der Waals surface area contributed by atoms with Crippen molar-refractivity contribution in [3.8, 4) is 0 Å². The van der Waals surface area contributed by atoms with E-state index in [9.17, 15) is 8.42 Å². The summed E-state index contributed by atoms with van der Waals surface area (Å²) in [5.41, 5.74) is 0. The van der Waals surface area contributed by atoms with Crippen molar-refractivity contribution in [3.63, 3.8) is 0 Å². The molecule has 0 N–H and O–H groups in total. The fraction of sp³-hybridized carbons (Fsp3) is 0.778. The van der Waals surface area contributed by atoms with Crippen LogP contribution in [0.25, 0.3) is 0 Å². The van der Waals surface area contributed by atoms with Crippen LogP contribution in [0.15, 0.2) is 23.4 Å². The van der Waals surface area contributed by atoms with Crippen LogP contribution in [0, 0.1) is 17.8 Å². The summed E-state index contributed by atoms with van der Waals surface area (Å²) < 4.78 is 31.7. The third kappa shape index (κ3) is 4.37. The predicted molar refractivity (Wildman–Crippen MR) is 99.5 cm³/mol. The summed E-state index contributed by atoms with van der Waals surface area (Å²) in [5.74, 6) is 1.33. The molecule has 0 aromatic carbocycles. The molecule has 1 unspecified atom stereocenters. The lowest BCUT2D eigenvalue weighted by Crippen LogP contribution is -2.40. The van der Waals surface area contributed by atoms with E-state index in [4.69, 9.17) is 4.18 Å². The van der Waals surface area contributed by atoms with Crippen molar-refractivity contribution in [3.05, 3.63) is 23.4 Å². The van der Waals surface area contributed by atoms with E-state index in [0.717, 1.165) is 18.0 Å². The fourth-order valence-electron chi connectivity index (χ4n) is 3.84. The quantitative estimate of drug-likeness (QED) is 0.537. The van der Waals surface area contributed by atoms with Gasteiger partial charge in [-0.2, -0.15) is 8.42 Å². The number of rotatable bonds is 5. The largest absolute Gasteiger partial charge is 0.277 e. The van der Waals surface area contributed by atoms with Gasteiger partial charge in [-0.1, -0.05) is 70.3 Å². The van der Waals surface area contributed by atoms with Crippen LogP contribution < -0.4 is 0 Å². The Kier molecular flexibility index (Phi) is 5.64. The van der Waals surface area contributed by atoms with Crippen molar-refractivity contribution in [2.24, 2.45) is 17.8 Å². The highest BCUT2D eigenvalue weighted by molar-refractivity contribution is 7.88. The maximum Gasteiger partial charge on any atom is 0.277 e. The molecule has 4 atom stereocenters. The average Bonchev–Trinajstić information content (AvgIpc) is 2.87. The van der Waals surface area contributed by atoms with Gasteiger partial charge in [0, 0.05) is 0 Å². The van der Waals surface area contributed by atoms with Gasteiger partial charge in [-0.05, 0) is 30.6 Å². The molecule has 0 amide bonds. The molecule has 5 heteroatoms. The van der Waals surface area contributed by atoms with Crippen LogP contribution in [-0.4, -0.2) is 27.8 Å². The Labute approximate surface area is 143 Å². The van der Waals surface area contributed by atoms with Gasteiger partial charge in [0.05, 0.1) is 14.2 Å². The van der Waals surface area contributed by atoms with Crippen molar-refractivity contribution in [1.29, 1.82) is 0 Å². The Morgan fingerprint density at radius 1 is 1.22 bits per heavy atom. The van der Waals surface area contributed by atoms with Crippen LogP contribution >= 0.6 is 0 Å². The second kappa shape index (κ2) is 6.85. The standard InChI is InChI=1S/C18H32O3SSi/c1-13(2)15-11-10-14(3)12-16(15)21-22(19,20)17-8-7-9-18(17)23(4,5)6/h7-9,13-17H,10-12H2,1-6H3/t14-,15+,16-,17?/m1/s1. The SMILES string of the molecule is CC(C)[C@@H]1CC[C@@H](C)C[C@H]1OS(=O)(=O)C1C=CC=C1[Si](C)(C)C. The van der Waals surface area contributed by atoms with Gasteiger partial charge in [-0.25, -0.2) is 0 Å². The van der Waals surface area contributed by atoms with E-state index in [1.807, 2.05) is 12.2 Å². The third-order valence-corrected chi connectivity index (χ3v) is 9.23. The second-order valence-electron chi connectivity index (χ2n) is 8.63. The highest BCUT2D eigenvalue weighted by atomic mass is 32.2. The van der Waals surface area contributed by atoms with Gasteiger partial charge in [0.15, 0.2) is 0 Å². The van der Waals surface area contributed by atoms with Crippen LogP contribution in [0.5, 0.6) is 0 Å². The van der Waals surface area contributed by atoms with Crippen molar-refractivity contribution < 1.29 is 12.6 Å². The lowest BCUT2D eigenvalue weighted by molar-refractivity contribution is 0.0509. The monoisotopic (exact) mass is 356 g/mol. The molecule has 1 saturated carbocycles. The molecule has 0 bridgehead atoms. The smallest absolute Gasteiger partial charge is 0.266 e. The van der Waals surface area contributed by atoms with Crippen molar-refractivity contribution in [2.45, 2.75) is 71.0 Å². The average molecular weight is 357 g/mol. The minimum Gasteiger partial charge on any atom is -0.266 e. The Morgan fingerprint density at radius 2 is 1.87 bits per heavy atom. The Morgan fingerprint density at radius 3 is 2.43 bits per heavy atom. The van der Waals surface area contributed by atoms with Gasteiger partial charge in [-0.3, -0.25) is 4.18 Å². The molecule has 1 fully saturated rings. The molecule has 2 aliphatic carbocycles. The summed E-state index contributed by atoms with van der Waals surface area (Å²) in [4.78, 5) is 0. The summed E-state index contributed by atoms with van der Waals surface area (Å²) in [5, 5.41) is 0.488. The van der Waals surface area contributed by atoms with Crippen molar-refractivity contribution in [1.82, 2.24) is 0 Å². The van der Waals surface area contributed by atoms with E-state index in [2.05, 4.69) is 40.4 Å². The predicted octanol–water partition coefficient (Wildman–Crippen LogP) is 4.54. The zero-order chi connectivity index (χ0) is 17.4. The van der Waals surface area contributed by atoms with Crippen molar-refractivity contribution in [2.75, 3.05) is 0 Å². The molecule has 0 radical (unpaired) electrons. The first-order valence-electron chi connectivity index (χ1n) is 8.83. The van der Waals surface area contributed by atoms with E-state index in [0.29, 0.717) is 17.8 Å². The summed E-state index contributed by atoms with van der Waals surface area (Å²) >= 11 is 0. The highest BCUT2D eigenvalue weighted by Crippen LogP contribution is 2.38. The normalized spacial score (nSPS) is 32.4. The Balaban J connectivity index is 2.20. The van der Waals surface area contributed by atoms with Crippen LogP contribution in [0.3, 0.4) is 0 Å². The summed E-state index contributed by atoms with van der Waals surface area (Å²) in [6, 6.07) is 0. The van der Waals surface area contributed by atoms with E-state index < -0.39 is 23.4 Å². The van der Waals surface area contributed by atoms with Gasteiger partial charge in [0.25, 0.3) is 10.1 Å². The maximum absolute atomic E-state index is 12.9. The molecule has 0 spiro atoms. The number of hydrogen-bond acceptors (Lipinski definition) is 3. The minimum absolute atomic E-state index is 0.166. The Bertz CT molecular complexity index is 584. The van der Waals surface area contributed by atoms with Crippen LogP contribution in [0.1, 0.15) is 40.0 Å². The second-order valence-corrected chi connectivity index (χ2v) is 15.4. The van der Waals surface area contributed by atoms with E-state index in [1.165, 1.54) is 6.42 Å². The molecule has 23 heavy (non-hydrogen) atoms. The van der Waals surface area contributed by atoms with E-state index in [-0.39, 0.29) is 6.10 Å². The van der Waals surface area contributed by atoms with Crippen LogP contribution in [0.2, 0.25) is 19.6 Å². The first-order valence-corrected chi connectivity index (χ1v) is 13.8. The number of allylic oxidation sites excluding steroid dienone is 2. The van der Waals surface area contributed by atoms with Gasteiger partial charge in [-0.15, -0.1) is 0 Å². The van der Waals surface area contributed by atoms with E-state index >= 15 is 0 Å². The molecule has 2 rings (SSSR count). The van der Waals surface area contributed by atoms with Crippen molar-refractivity contribution >= 4 is 18.2 Å².